The maximum absolute atomic E-state index is 14.4. The molecule has 0 saturated heterocycles. The number of rotatable bonds is 5. The lowest BCUT2D eigenvalue weighted by molar-refractivity contribution is 0.0978. The normalized spacial score (nSPS) is 12.0. The second kappa shape index (κ2) is 9.35. The van der Waals surface area contributed by atoms with Crippen LogP contribution in [0.2, 0.25) is 0 Å². The second-order valence-electron chi connectivity index (χ2n) is 10.8. The Bertz CT molecular complexity index is 1930. The summed E-state index contributed by atoms with van der Waals surface area (Å²) >= 11 is 3.71. The molecule has 194 valence electrons. The number of carbonyl (C=O) groups is 2. The highest BCUT2D eigenvalue weighted by molar-refractivity contribution is 9.10. The van der Waals surface area contributed by atoms with Crippen molar-refractivity contribution in [3.63, 3.8) is 0 Å². The van der Waals surface area contributed by atoms with Gasteiger partial charge in [-0.2, -0.15) is 0 Å². The number of carbonyl (C=O) groups excluding carboxylic acids is 2. The van der Waals surface area contributed by atoms with Crippen molar-refractivity contribution in [1.29, 1.82) is 0 Å². The highest BCUT2D eigenvalue weighted by Crippen LogP contribution is 2.44. The van der Waals surface area contributed by atoms with E-state index in [9.17, 15) is 9.59 Å². The van der Waals surface area contributed by atoms with Gasteiger partial charge in [-0.25, -0.2) is 0 Å². The molecule has 0 spiro atoms. The average molecular weight is 578 g/mol. The van der Waals surface area contributed by atoms with Gasteiger partial charge in [0, 0.05) is 15.5 Å². The number of para-hydroxylation sites is 1. The first-order chi connectivity index (χ1) is 18.7. The lowest BCUT2D eigenvalue weighted by atomic mass is 9.85. The van der Waals surface area contributed by atoms with E-state index >= 15 is 0 Å². The van der Waals surface area contributed by atoms with E-state index in [1.807, 2.05) is 30.3 Å². The van der Waals surface area contributed by atoms with Gasteiger partial charge in [-0.05, 0) is 72.8 Å². The largest absolute Gasteiger partial charge is 0.366 e. The first-order valence-electron chi connectivity index (χ1n) is 13.2. The number of benzene rings is 6. The van der Waals surface area contributed by atoms with E-state index in [-0.39, 0.29) is 23.3 Å². The molecule has 0 aromatic heterocycles. The van der Waals surface area contributed by atoms with Crippen LogP contribution in [0.15, 0.2) is 77.3 Å². The molecule has 6 aromatic carbocycles. The molecule has 2 amide bonds. The monoisotopic (exact) mass is 576 g/mol. The van der Waals surface area contributed by atoms with Gasteiger partial charge >= 0.3 is 0 Å². The lowest BCUT2D eigenvalue weighted by Crippen LogP contribution is -2.22. The molecule has 0 radical (unpaired) electrons. The Labute approximate surface area is 235 Å². The number of nitrogens with one attached hydrogen (secondary N) is 1. The Hall–Kier alpha value is -3.96. The van der Waals surface area contributed by atoms with Crippen molar-refractivity contribution in [2.24, 2.45) is 5.73 Å². The standard InChI is InChI=1S/C34H29BrN2O2/c1-17(2)20-9-6-10-21(18(3)4)32(20)37-34(39)31-26(33(36)38)16-19-8-5-11-22-23-14-15-27(35)24-12-7-13-25(29(23)24)30(31)28(19)22/h5-18H,1-4H3,(H2,36,38)(H,37,39). The topological polar surface area (TPSA) is 72.2 Å². The van der Waals surface area contributed by atoms with E-state index in [1.54, 1.807) is 6.07 Å². The van der Waals surface area contributed by atoms with Gasteiger partial charge in [-0.1, -0.05) is 104 Å². The minimum absolute atomic E-state index is 0.203. The number of fused-ring (bicyclic) bond motifs is 2. The third-order valence-electron chi connectivity index (χ3n) is 7.82. The first kappa shape index (κ1) is 25.3. The fourth-order valence-corrected chi connectivity index (χ4v) is 6.52. The van der Waals surface area contributed by atoms with Crippen molar-refractivity contribution in [2.75, 3.05) is 5.32 Å². The summed E-state index contributed by atoms with van der Waals surface area (Å²) < 4.78 is 0.975. The summed E-state index contributed by atoms with van der Waals surface area (Å²) in [5, 5.41) is 11.0. The van der Waals surface area contributed by atoms with Crippen LogP contribution in [-0.4, -0.2) is 11.8 Å². The van der Waals surface area contributed by atoms with Crippen molar-refractivity contribution >= 4 is 76.5 Å². The molecule has 3 N–H and O–H groups in total. The number of hydrogen-bond donors (Lipinski definition) is 2. The molecule has 5 heteroatoms. The Morgan fingerprint density at radius 1 is 0.718 bits per heavy atom. The van der Waals surface area contributed by atoms with Crippen LogP contribution >= 0.6 is 15.9 Å². The third-order valence-corrected chi connectivity index (χ3v) is 8.51. The van der Waals surface area contributed by atoms with E-state index in [2.05, 4.69) is 85.3 Å². The Balaban J connectivity index is 1.75. The van der Waals surface area contributed by atoms with E-state index in [4.69, 9.17) is 5.73 Å². The third kappa shape index (κ3) is 3.87. The maximum Gasteiger partial charge on any atom is 0.257 e. The smallest absolute Gasteiger partial charge is 0.257 e. The van der Waals surface area contributed by atoms with Crippen LogP contribution in [0.5, 0.6) is 0 Å². The Morgan fingerprint density at radius 2 is 1.31 bits per heavy atom. The summed E-state index contributed by atoms with van der Waals surface area (Å²) in [5.74, 6) is -0.554. The zero-order chi connectivity index (χ0) is 27.6. The van der Waals surface area contributed by atoms with Crippen molar-refractivity contribution in [3.05, 3.63) is 99.5 Å². The molecule has 6 rings (SSSR count). The van der Waals surface area contributed by atoms with E-state index in [0.717, 1.165) is 64.4 Å². The van der Waals surface area contributed by atoms with Crippen molar-refractivity contribution in [3.8, 4) is 0 Å². The highest BCUT2D eigenvalue weighted by atomic mass is 79.9. The van der Waals surface area contributed by atoms with Crippen molar-refractivity contribution in [1.82, 2.24) is 0 Å². The molecule has 0 aliphatic carbocycles. The molecule has 0 aliphatic rings. The summed E-state index contributed by atoms with van der Waals surface area (Å²) in [4.78, 5) is 27.3. The van der Waals surface area contributed by atoms with Gasteiger partial charge in [0.25, 0.3) is 5.91 Å². The predicted molar refractivity (Wildman–Crippen MR) is 166 cm³/mol. The zero-order valence-electron chi connectivity index (χ0n) is 22.4. The van der Waals surface area contributed by atoms with Gasteiger partial charge in [-0.15, -0.1) is 0 Å². The molecule has 0 heterocycles. The van der Waals surface area contributed by atoms with Gasteiger partial charge < -0.3 is 11.1 Å². The van der Waals surface area contributed by atoms with Crippen molar-refractivity contribution in [2.45, 2.75) is 39.5 Å². The van der Waals surface area contributed by atoms with E-state index in [1.165, 1.54) is 0 Å². The molecular formula is C34H29BrN2O2. The summed E-state index contributed by atoms with van der Waals surface area (Å²) in [6, 6.07) is 24.2. The molecule has 39 heavy (non-hydrogen) atoms. The van der Waals surface area contributed by atoms with E-state index in [0.29, 0.717) is 5.56 Å². The number of anilines is 1. The number of nitrogens with two attached hydrogens (primary N) is 1. The highest BCUT2D eigenvalue weighted by Gasteiger charge is 2.26. The predicted octanol–water partition coefficient (Wildman–Crippen LogP) is 9.10. The number of amides is 2. The van der Waals surface area contributed by atoms with Crippen LogP contribution < -0.4 is 11.1 Å². The molecule has 0 atom stereocenters. The van der Waals surface area contributed by atoms with E-state index < -0.39 is 5.91 Å². The second-order valence-corrected chi connectivity index (χ2v) is 11.7. The number of halogens is 1. The van der Waals surface area contributed by atoms with Crippen LogP contribution in [0.3, 0.4) is 0 Å². The molecule has 0 unspecified atom stereocenters. The summed E-state index contributed by atoms with van der Waals surface area (Å²) in [6.07, 6.45) is 0. The molecule has 0 aliphatic heterocycles. The molecule has 0 saturated carbocycles. The molecule has 0 fully saturated rings. The molecular weight excluding hydrogens is 548 g/mol. The summed E-state index contributed by atoms with van der Waals surface area (Å²) in [6.45, 7) is 8.47. The van der Waals surface area contributed by atoms with Gasteiger partial charge in [-0.3, -0.25) is 9.59 Å². The van der Waals surface area contributed by atoms with Gasteiger partial charge in [0.2, 0.25) is 5.91 Å². The molecule has 4 nitrogen and oxygen atoms in total. The maximum atomic E-state index is 14.4. The fourth-order valence-electron chi connectivity index (χ4n) is 6.06. The molecule has 0 bridgehead atoms. The van der Waals surface area contributed by atoms with Gasteiger partial charge in [0.05, 0.1) is 11.1 Å². The Morgan fingerprint density at radius 3 is 1.97 bits per heavy atom. The fraction of sp³-hybridized carbons (Fsp3) is 0.176. The van der Waals surface area contributed by atoms with Crippen LogP contribution in [-0.2, 0) is 0 Å². The lowest BCUT2D eigenvalue weighted by Gasteiger charge is -2.22. The zero-order valence-corrected chi connectivity index (χ0v) is 23.9. The quantitative estimate of drug-likeness (QED) is 0.158. The van der Waals surface area contributed by atoms with Crippen LogP contribution in [0.4, 0.5) is 5.69 Å². The number of hydrogen-bond acceptors (Lipinski definition) is 2. The average Bonchev–Trinajstić information content (AvgIpc) is 2.91. The van der Waals surface area contributed by atoms with Crippen LogP contribution in [0.25, 0.3) is 43.1 Å². The Kier molecular flexibility index (Phi) is 6.07. The summed E-state index contributed by atoms with van der Waals surface area (Å²) in [5.41, 5.74) is 9.41. The van der Waals surface area contributed by atoms with Crippen LogP contribution in [0.1, 0.15) is 71.4 Å². The number of primary amides is 1. The minimum Gasteiger partial charge on any atom is -0.366 e. The van der Waals surface area contributed by atoms with Crippen LogP contribution in [0, 0.1) is 0 Å². The molecule has 6 aromatic rings. The van der Waals surface area contributed by atoms with Gasteiger partial charge in [0.15, 0.2) is 0 Å². The first-order valence-corrected chi connectivity index (χ1v) is 14.0. The summed E-state index contributed by atoms with van der Waals surface area (Å²) in [7, 11) is 0. The van der Waals surface area contributed by atoms with Gasteiger partial charge in [0.1, 0.15) is 0 Å². The SMILES string of the molecule is CC(C)c1cccc(C(C)C)c1NC(=O)c1c(C(N)=O)cc2cccc3c4ccc(Br)c5cccc(c1c23)c54. The minimum atomic E-state index is -0.628. The van der Waals surface area contributed by atoms with Crippen molar-refractivity contribution < 1.29 is 9.59 Å².